The molecule has 0 bridgehead atoms. The van der Waals surface area contributed by atoms with Gasteiger partial charge >= 0.3 is 5.97 Å². The Morgan fingerprint density at radius 1 is 1.56 bits per heavy atom. The van der Waals surface area contributed by atoms with Gasteiger partial charge in [-0.1, -0.05) is 0 Å². The second kappa shape index (κ2) is 5.82. The third-order valence-electron chi connectivity index (χ3n) is 2.91. The van der Waals surface area contributed by atoms with Crippen LogP contribution in [-0.2, 0) is 9.47 Å². The molecule has 1 heterocycles. The van der Waals surface area contributed by atoms with Crippen molar-refractivity contribution in [1.29, 1.82) is 0 Å². The Balaban J connectivity index is 1.83. The van der Waals surface area contributed by atoms with Crippen LogP contribution in [-0.4, -0.2) is 25.3 Å². The molecule has 2 N–H and O–H groups in total. The van der Waals surface area contributed by atoms with E-state index in [0.29, 0.717) is 6.42 Å². The summed E-state index contributed by atoms with van der Waals surface area (Å²) < 4.78 is 23.8. The Morgan fingerprint density at radius 2 is 2.39 bits per heavy atom. The third-order valence-corrected chi connectivity index (χ3v) is 2.91. The van der Waals surface area contributed by atoms with Gasteiger partial charge in [0, 0.05) is 18.7 Å². The number of carbonyl (C=O) groups is 1. The summed E-state index contributed by atoms with van der Waals surface area (Å²) >= 11 is 0. The van der Waals surface area contributed by atoms with Crippen LogP contribution >= 0.6 is 0 Å². The van der Waals surface area contributed by atoms with Crippen LogP contribution in [0.15, 0.2) is 18.2 Å². The predicted molar refractivity (Wildman–Crippen MR) is 64.7 cm³/mol. The lowest BCUT2D eigenvalue weighted by molar-refractivity contribution is 0.0381. The van der Waals surface area contributed by atoms with Gasteiger partial charge in [0.25, 0.3) is 0 Å². The number of nitrogen functional groups attached to an aromatic ring is 1. The van der Waals surface area contributed by atoms with Gasteiger partial charge in [0.1, 0.15) is 5.82 Å². The van der Waals surface area contributed by atoms with E-state index < -0.39 is 11.8 Å². The van der Waals surface area contributed by atoms with E-state index in [4.69, 9.17) is 15.2 Å². The lowest BCUT2D eigenvalue weighted by Crippen LogP contribution is -2.14. The van der Waals surface area contributed by atoms with Crippen molar-refractivity contribution in [3.8, 4) is 0 Å². The summed E-state index contributed by atoms with van der Waals surface area (Å²) in [6.07, 6.45) is 2.86. The Kier molecular flexibility index (Phi) is 4.15. The van der Waals surface area contributed by atoms with E-state index in [1.165, 1.54) is 12.1 Å². The van der Waals surface area contributed by atoms with E-state index >= 15 is 0 Å². The van der Waals surface area contributed by atoms with Gasteiger partial charge in [0.2, 0.25) is 0 Å². The highest BCUT2D eigenvalue weighted by Crippen LogP contribution is 2.16. The van der Waals surface area contributed by atoms with Crippen LogP contribution < -0.4 is 5.73 Å². The van der Waals surface area contributed by atoms with Gasteiger partial charge < -0.3 is 15.2 Å². The molecule has 1 aliphatic rings. The number of benzene rings is 1. The highest BCUT2D eigenvalue weighted by molar-refractivity contribution is 5.90. The molecule has 4 nitrogen and oxygen atoms in total. The van der Waals surface area contributed by atoms with Crippen LogP contribution in [0.25, 0.3) is 0 Å². The maximum Gasteiger partial charge on any atom is 0.341 e. The SMILES string of the molecule is Nc1ccc(C(=O)OCCC2CCCO2)c(F)c1. The molecule has 2 rings (SSSR count). The van der Waals surface area contributed by atoms with Gasteiger partial charge in [-0.2, -0.15) is 0 Å². The van der Waals surface area contributed by atoms with Crippen molar-refractivity contribution in [2.75, 3.05) is 18.9 Å². The quantitative estimate of drug-likeness (QED) is 0.659. The number of esters is 1. The second-order valence-electron chi connectivity index (χ2n) is 4.30. The fraction of sp³-hybridized carbons (Fsp3) is 0.462. The number of carbonyl (C=O) groups excluding carboxylic acids is 1. The number of rotatable bonds is 4. The van der Waals surface area contributed by atoms with Crippen molar-refractivity contribution in [3.63, 3.8) is 0 Å². The average molecular weight is 253 g/mol. The molecular formula is C13H16FNO3. The van der Waals surface area contributed by atoms with Crippen molar-refractivity contribution < 1.29 is 18.7 Å². The second-order valence-corrected chi connectivity index (χ2v) is 4.30. The first kappa shape index (κ1) is 12.8. The van der Waals surface area contributed by atoms with Gasteiger partial charge in [-0.05, 0) is 31.0 Å². The van der Waals surface area contributed by atoms with Gasteiger partial charge in [-0.25, -0.2) is 9.18 Å². The van der Waals surface area contributed by atoms with E-state index in [1.54, 1.807) is 0 Å². The Morgan fingerprint density at radius 3 is 3.06 bits per heavy atom. The average Bonchev–Trinajstić information content (AvgIpc) is 2.81. The zero-order chi connectivity index (χ0) is 13.0. The minimum atomic E-state index is -0.662. The maximum absolute atomic E-state index is 13.4. The van der Waals surface area contributed by atoms with E-state index in [-0.39, 0.29) is 24.0 Å². The Labute approximate surface area is 105 Å². The summed E-state index contributed by atoms with van der Waals surface area (Å²) in [7, 11) is 0. The van der Waals surface area contributed by atoms with Gasteiger partial charge in [-0.3, -0.25) is 0 Å². The van der Waals surface area contributed by atoms with Crippen LogP contribution in [0.1, 0.15) is 29.6 Å². The van der Waals surface area contributed by atoms with Crippen LogP contribution in [0, 0.1) is 5.82 Å². The first-order chi connectivity index (χ1) is 8.66. The van der Waals surface area contributed by atoms with Crippen molar-refractivity contribution in [1.82, 2.24) is 0 Å². The maximum atomic E-state index is 13.4. The molecule has 0 radical (unpaired) electrons. The molecule has 1 fully saturated rings. The molecule has 0 amide bonds. The number of ether oxygens (including phenoxy) is 2. The summed E-state index contributed by atoms with van der Waals surface area (Å²) in [5.41, 5.74) is 5.60. The van der Waals surface area contributed by atoms with Crippen molar-refractivity contribution >= 4 is 11.7 Å². The molecule has 1 aliphatic heterocycles. The molecule has 1 saturated heterocycles. The first-order valence-electron chi connectivity index (χ1n) is 6.00. The molecule has 1 aromatic rings. The largest absolute Gasteiger partial charge is 0.462 e. The van der Waals surface area contributed by atoms with E-state index in [0.717, 1.165) is 25.5 Å². The minimum Gasteiger partial charge on any atom is -0.462 e. The molecule has 0 aromatic heterocycles. The fourth-order valence-electron chi connectivity index (χ4n) is 1.93. The standard InChI is InChI=1S/C13H16FNO3/c14-12-8-9(15)3-4-11(12)13(16)18-7-5-10-2-1-6-17-10/h3-4,8,10H,1-2,5-7,15H2. The molecule has 0 saturated carbocycles. The lowest BCUT2D eigenvalue weighted by Gasteiger charge is -2.10. The van der Waals surface area contributed by atoms with Crippen LogP contribution in [0.2, 0.25) is 0 Å². The van der Waals surface area contributed by atoms with Crippen LogP contribution in [0.4, 0.5) is 10.1 Å². The highest BCUT2D eigenvalue weighted by atomic mass is 19.1. The molecule has 0 aliphatic carbocycles. The summed E-state index contributed by atoms with van der Waals surface area (Å²) in [6.45, 7) is 1.01. The first-order valence-corrected chi connectivity index (χ1v) is 6.00. The number of halogens is 1. The zero-order valence-corrected chi connectivity index (χ0v) is 10.0. The van der Waals surface area contributed by atoms with Crippen molar-refractivity contribution in [2.45, 2.75) is 25.4 Å². The van der Waals surface area contributed by atoms with E-state index in [9.17, 15) is 9.18 Å². The zero-order valence-electron chi connectivity index (χ0n) is 10.0. The third kappa shape index (κ3) is 3.20. The topological polar surface area (TPSA) is 61.6 Å². The lowest BCUT2D eigenvalue weighted by atomic mass is 10.2. The highest BCUT2D eigenvalue weighted by Gasteiger charge is 2.17. The van der Waals surface area contributed by atoms with E-state index in [2.05, 4.69) is 0 Å². The van der Waals surface area contributed by atoms with Crippen molar-refractivity contribution in [3.05, 3.63) is 29.6 Å². The fourth-order valence-corrected chi connectivity index (χ4v) is 1.93. The van der Waals surface area contributed by atoms with Gasteiger partial charge in [0.15, 0.2) is 0 Å². The van der Waals surface area contributed by atoms with Gasteiger partial charge in [-0.15, -0.1) is 0 Å². The van der Waals surface area contributed by atoms with Gasteiger partial charge in [0.05, 0.1) is 18.3 Å². The summed E-state index contributed by atoms with van der Waals surface area (Å²) in [4.78, 5) is 11.6. The van der Waals surface area contributed by atoms with Crippen LogP contribution in [0.5, 0.6) is 0 Å². The molecule has 1 atom stereocenters. The van der Waals surface area contributed by atoms with Crippen molar-refractivity contribution in [2.24, 2.45) is 0 Å². The minimum absolute atomic E-state index is 0.0865. The monoisotopic (exact) mass is 253 g/mol. The number of nitrogens with two attached hydrogens (primary N) is 1. The summed E-state index contributed by atoms with van der Waals surface area (Å²) in [5.74, 6) is -1.32. The number of hydrogen-bond donors (Lipinski definition) is 1. The summed E-state index contributed by atoms with van der Waals surface area (Å²) in [5, 5.41) is 0. The number of anilines is 1. The smallest absolute Gasteiger partial charge is 0.341 e. The van der Waals surface area contributed by atoms with E-state index in [1.807, 2.05) is 0 Å². The molecule has 98 valence electrons. The molecule has 1 unspecified atom stereocenters. The van der Waals surface area contributed by atoms with Crippen LogP contribution in [0.3, 0.4) is 0 Å². The molecular weight excluding hydrogens is 237 g/mol. The predicted octanol–water partition coefficient (Wildman–Crippen LogP) is 2.13. The Hall–Kier alpha value is -1.62. The normalized spacial score (nSPS) is 18.8. The molecule has 5 heteroatoms. The molecule has 1 aromatic carbocycles. The number of hydrogen-bond acceptors (Lipinski definition) is 4. The molecule has 18 heavy (non-hydrogen) atoms. The molecule has 0 spiro atoms. The Bertz CT molecular complexity index is 430. The summed E-state index contributed by atoms with van der Waals surface area (Å²) in [6, 6.07) is 3.91.